The smallest absolute Gasteiger partial charge is 0.331 e. The highest BCUT2D eigenvalue weighted by atomic mass is 35.5. The number of rotatable bonds is 3. The molecule has 0 atom stereocenters. The minimum absolute atomic E-state index is 0.0931. The van der Waals surface area contributed by atoms with E-state index in [1.54, 1.807) is 0 Å². The Morgan fingerprint density at radius 3 is 2.44 bits per heavy atom. The van der Waals surface area contributed by atoms with Gasteiger partial charge in [0.15, 0.2) is 0 Å². The molecule has 0 fully saturated rings. The van der Waals surface area contributed by atoms with Gasteiger partial charge < -0.3 is 4.74 Å². The summed E-state index contributed by atoms with van der Waals surface area (Å²) in [5.41, 5.74) is -0.379. The van der Waals surface area contributed by atoms with Gasteiger partial charge in [-0.2, -0.15) is 8.78 Å². The summed E-state index contributed by atoms with van der Waals surface area (Å²) in [5.74, 6) is -5.47. The van der Waals surface area contributed by atoms with Gasteiger partial charge in [0.05, 0.1) is 5.52 Å². The van der Waals surface area contributed by atoms with Gasteiger partial charge in [0.1, 0.15) is 16.7 Å². The van der Waals surface area contributed by atoms with E-state index >= 15 is 0 Å². The normalized spacial score (nSPS) is 11.6. The lowest BCUT2D eigenvalue weighted by Crippen LogP contribution is -2.19. The van der Waals surface area contributed by atoms with Crippen LogP contribution in [0, 0.1) is 5.82 Å². The number of hydrogen-bond donors (Lipinski definition) is 0. The van der Waals surface area contributed by atoms with Gasteiger partial charge in [-0.15, -0.1) is 0 Å². The molecule has 0 unspecified atom stereocenters. The molecule has 0 N–H and O–H groups in total. The van der Waals surface area contributed by atoms with Gasteiger partial charge >= 0.3 is 11.9 Å². The molecular formula is C17H10ClF3N2O2. The maximum atomic E-state index is 14.6. The quantitative estimate of drug-likeness (QED) is 0.389. The molecule has 0 saturated carbocycles. The van der Waals surface area contributed by atoms with Gasteiger partial charge in [0.2, 0.25) is 5.82 Å². The van der Waals surface area contributed by atoms with Crippen molar-refractivity contribution in [3.8, 4) is 5.75 Å². The molecule has 0 spiro atoms. The average Bonchev–Trinajstić information content (AvgIpc) is 2.54. The lowest BCUT2D eigenvalue weighted by molar-refractivity contribution is -0.131. The number of ether oxygens (including phenoxy) is 1. The molecular weight excluding hydrogens is 357 g/mol. The van der Waals surface area contributed by atoms with E-state index in [0.717, 1.165) is 24.3 Å². The summed E-state index contributed by atoms with van der Waals surface area (Å²) in [5, 5.41) is 0.160. The molecule has 3 aromatic rings. The summed E-state index contributed by atoms with van der Waals surface area (Å²) in [6.07, 6.45) is 0. The summed E-state index contributed by atoms with van der Waals surface area (Å²) < 4.78 is 47.2. The zero-order chi connectivity index (χ0) is 18.2. The highest BCUT2D eigenvalue weighted by molar-refractivity contribution is 6.34. The molecule has 3 rings (SSSR count). The van der Waals surface area contributed by atoms with E-state index in [4.69, 9.17) is 16.3 Å². The fourth-order valence-corrected chi connectivity index (χ4v) is 2.47. The van der Waals surface area contributed by atoms with E-state index in [0.29, 0.717) is 5.39 Å². The van der Waals surface area contributed by atoms with Crippen LogP contribution < -0.4 is 4.74 Å². The van der Waals surface area contributed by atoms with Crippen molar-refractivity contribution in [1.82, 2.24) is 9.97 Å². The first-order valence-corrected chi connectivity index (χ1v) is 7.45. The topological polar surface area (TPSA) is 52.1 Å². The zero-order valence-electron chi connectivity index (χ0n) is 12.8. The second-order valence-electron chi connectivity index (χ2n) is 5.19. The Balaban J connectivity index is 2.12. The van der Waals surface area contributed by atoms with Crippen molar-refractivity contribution in [2.24, 2.45) is 0 Å². The molecule has 8 heteroatoms. The number of alkyl halides is 2. The number of benzene rings is 2. The van der Waals surface area contributed by atoms with E-state index in [2.05, 4.69) is 9.97 Å². The fraction of sp³-hybridized carbons (Fsp3) is 0.118. The molecule has 1 aromatic heterocycles. The second-order valence-corrected chi connectivity index (χ2v) is 5.55. The highest BCUT2D eigenvalue weighted by Gasteiger charge is 2.38. The van der Waals surface area contributed by atoms with Crippen LogP contribution >= 0.6 is 11.6 Å². The molecule has 0 aliphatic rings. The minimum Gasteiger partial charge on any atom is -0.427 e. The van der Waals surface area contributed by atoms with E-state index < -0.39 is 29.1 Å². The summed E-state index contributed by atoms with van der Waals surface area (Å²) in [4.78, 5) is 18.5. The lowest BCUT2D eigenvalue weighted by Gasteiger charge is -2.16. The van der Waals surface area contributed by atoms with Crippen LogP contribution in [0.3, 0.4) is 0 Å². The van der Waals surface area contributed by atoms with Crippen LogP contribution in [0.25, 0.3) is 10.9 Å². The standard InChI is InChI=1S/C17H10ClF3N2O2/c1-9(24)25-12-6-7-13-14(8-12)22-16(23-15(13)18)17(20,21)10-2-4-11(19)5-3-10/h2-8H,1H3. The Hall–Kier alpha value is -2.67. The third kappa shape index (κ3) is 3.41. The maximum absolute atomic E-state index is 14.6. The van der Waals surface area contributed by atoms with Crippen LogP contribution in [0.1, 0.15) is 18.3 Å². The number of carbonyl (C=O) groups is 1. The molecule has 0 aliphatic carbocycles. The average molecular weight is 367 g/mol. The lowest BCUT2D eigenvalue weighted by atomic mass is 10.1. The van der Waals surface area contributed by atoms with Crippen LogP contribution in [0.2, 0.25) is 5.15 Å². The highest BCUT2D eigenvalue weighted by Crippen LogP contribution is 2.36. The van der Waals surface area contributed by atoms with Crippen molar-refractivity contribution in [1.29, 1.82) is 0 Å². The largest absolute Gasteiger partial charge is 0.427 e. The number of halogens is 4. The summed E-state index contributed by atoms with van der Waals surface area (Å²) >= 11 is 5.99. The molecule has 0 amide bonds. The van der Waals surface area contributed by atoms with Gasteiger partial charge in [0, 0.05) is 23.9 Å². The van der Waals surface area contributed by atoms with Crippen molar-refractivity contribution in [3.05, 3.63) is 64.8 Å². The summed E-state index contributed by atoms with van der Waals surface area (Å²) in [6, 6.07) is 7.98. The maximum Gasteiger partial charge on any atom is 0.331 e. The number of fused-ring (bicyclic) bond motifs is 1. The van der Waals surface area contributed by atoms with Crippen molar-refractivity contribution in [2.75, 3.05) is 0 Å². The molecule has 0 radical (unpaired) electrons. The van der Waals surface area contributed by atoms with Gasteiger partial charge in [0.25, 0.3) is 0 Å². The summed E-state index contributed by atoms with van der Waals surface area (Å²) in [6.45, 7) is 1.21. The zero-order valence-corrected chi connectivity index (χ0v) is 13.5. The number of aromatic nitrogens is 2. The van der Waals surface area contributed by atoms with Crippen LogP contribution in [0.4, 0.5) is 13.2 Å². The molecule has 1 heterocycles. The van der Waals surface area contributed by atoms with Gasteiger partial charge in [-0.1, -0.05) is 11.6 Å². The van der Waals surface area contributed by atoms with Gasteiger partial charge in [-0.3, -0.25) is 4.79 Å². The molecule has 25 heavy (non-hydrogen) atoms. The molecule has 128 valence electrons. The first-order valence-electron chi connectivity index (χ1n) is 7.07. The predicted octanol–water partition coefficient (Wildman–Crippen LogP) is 4.49. The Labute approximate surface area is 145 Å². The first-order chi connectivity index (χ1) is 11.8. The Morgan fingerprint density at radius 2 is 1.80 bits per heavy atom. The van der Waals surface area contributed by atoms with Crippen molar-refractivity contribution in [3.63, 3.8) is 0 Å². The van der Waals surface area contributed by atoms with Crippen molar-refractivity contribution in [2.45, 2.75) is 12.8 Å². The van der Waals surface area contributed by atoms with Crippen molar-refractivity contribution >= 4 is 28.5 Å². The third-order valence-electron chi connectivity index (χ3n) is 3.37. The van der Waals surface area contributed by atoms with Gasteiger partial charge in [-0.05, 0) is 36.4 Å². The molecule has 0 aliphatic heterocycles. The predicted molar refractivity (Wildman–Crippen MR) is 85.3 cm³/mol. The summed E-state index contributed by atoms with van der Waals surface area (Å²) in [7, 11) is 0. The number of hydrogen-bond acceptors (Lipinski definition) is 4. The van der Waals surface area contributed by atoms with E-state index in [1.807, 2.05) is 0 Å². The third-order valence-corrected chi connectivity index (χ3v) is 3.66. The fourth-order valence-electron chi connectivity index (χ4n) is 2.23. The molecule has 0 bridgehead atoms. The number of nitrogens with zero attached hydrogens (tertiary/aromatic N) is 2. The molecule has 2 aromatic carbocycles. The Kier molecular flexibility index (Phi) is 4.34. The Bertz CT molecular complexity index is 962. The van der Waals surface area contributed by atoms with Crippen molar-refractivity contribution < 1.29 is 22.7 Å². The van der Waals surface area contributed by atoms with E-state index in [9.17, 15) is 18.0 Å². The molecule has 4 nitrogen and oxygen atoms in total. The Morgan fingerprint density at radius 1 is 1.12 bits per heavy atom. The number of carbonyl (C=O) groups excluding carboxylic acids is 1. The second kappa shape index (κ2) is 6.33. The first kappa shape index (κ1) is 17.2. The van der Waals surface area contributed by atoms with Crippen LogP contribution in [-0.4, -0.2) is 15.9 Å². The van der Waals surface area contributed by atoms with E-state index in [-0.39, 0.29) is 16.4 Å². The number of esters is 1. The van der Waals surface area contributed by atoms with Gasteiger partial charge in [-0.25, -0.2) is 14.4 Å². The van der Waals surface area contributed by atoms with E-state index in [1.165, 1.54) is 25.1 Å². The van der Waals surface area contributed by atoms with Crippen LogP contribution in [0.15, 0.2) is 42.5 Å². The molecule has 0 saturated heterocycles. The minimum atomic E-state index is -3.58. The SMILES string of the molecule is CC(=O)Oc1ccc2c(Cl)nc(C(F)(F)c3ccc(F)cc3)nc2c1. The monoisotopic (exact) mass is 366 g/mol. The van der Waals surface area contributed by atoms with Crippen LogP contribution in [0.5, 0.6) is 5.75 Å². The van der Waals surface area contributed by atoms with Crippen LogP contribution in [-0.2, 0) is 10.7 Å².